The summed E-state index contributed by atoms with van der Waals surface area (Å²) in [6, 6.07) is 18.1. The van der Waals surface area contributed by atoms with Crippen LogP contribution in [0.4, 0.5) is 11.8 Å². The van der Waals surface area contributed by atoms with E-state index in [2.05, 4.69) is 44.6 Å². The van der Waals surface area contributed by atoms with Crippen LogP contribution in [0.15, 0.2) is 67.0 Å². The van der Waals surface area contributed by atoms with Crippen LogP contribution < -0.4 is 10.6 Å². The summed E-state index contributed by atoms with van der Waals surface area (Å²) in [4.78, 5) is 13.1. The Morgan fingerprint density at radius 1 is 0.913 bits per heavy atom. The molecule has 0 amide bonds. The van der Waals surface area contributed by atoms with E-state index in [1.54, 1.807) is 12.4 Å². The predicted octanol–water partition coefficient (Wildman–Crippen LogP) is 3.66. The third kappa shape index (κ3) is 4.26. The van der Waals surface area contributed by atoms with Gasteiger partial charge in [-0.25, -0.2) is 4.98 Å². The number of rotatable bonds is 6. The molecule has 0 fully saturated rings. The van der Waals surface area contributed by atoms with E-state index in [0.29, 0.717) is 12.5 Å². The smallest absolute Gasteiger partial charge is 0.225 e. The number of nitrogens with zero attached hydrogens (tertiary/aromatic N) is 3. The van der Waals surface area contributed by atoms with Gasteiger partial charge in [0.2, 0.25) is 5.95 Å². The Balaban J connectivity index is 1.63. The lowest BCUT2D eigenvalue weighted by molar-refractivity contribution is 0.860. The molecule has 0 aliphatic carbocycles. The maximum atomic E-state index is 4.49. The topological polar surface area (TPSA) is 62.7 Å². The van der Waals surface area contributed by atoms with Crippen LogP contribution in [-0.2, 0) is 6.54 Å². The molecule has 0 saturated heterocycles. The van der Waals surface area contributed by atoms with Crippen molar-refractivity contribution in [2.24, 2.45) is 0 Å². The minimum atomic E-state index is 0.141. The zero-order valence-electron chi connectivity index (χ0n) is 13.0. The van der Waals surface area contributed by atoms with Crippen LogP contribution in [0.25, 0.3) is 0 Å². The number of benzene rings is 1. The number of nitrogens with one attached hydrogen (secondary N) is 2. The van der Waals surface area contributed by atoms with Gasteiger partial charge in [0.25, 0.3) is 0 Å². The predicted molar refractivity (Wildman–Crippen MR) is 92.1 cm³/mol. The minimum Gasteiger partial charge on any atom is -0.364 e. The second-order valence-corrected chi connectivity index (χ2v) is 5.22. The number of hydrogen-bond donors (Lipinski definition) is 2. The minimum absolute atomic E-state index is 0.141. The Morgan fingerprint density at radius 3 is 2.52 bits per heavy atom. The van der Waals surface area contributed by atoms with Crippen molar-refractivity contribution in [3.8, 4) is 0 Å². The van der Waals surface area contributed by atoms with Crippen molar-refractivity contribution in [2.45, 2.75) is 19.5 Å². The lowest BCUT2D eigenvalue weighted by Gasteiger charge is -2.14. The van der Waals surface area contributed by atoms with Gasteiger partial charge in [-0.3, -0.25) is 4.98 Å². The van der Waals surface area contributed by atoms with Gasteiger partial charge in [-0.15, -0.1) is 0 Å². The maximum absolute atomic E-state index is 4.49. The highest BCUT2D eigenvalue weighted by Crippen LogP contribution is 2.17. The van der Waals surface area contributed by atoms with Gasteiger partial charge in [-0.2, -0.15) is 4.98 Å². The first kappa shape index (κ1) is 15.0. The van der Waals surface area contributed by atoms with Crippen molar-refractivity contribution in [3.05, 3.63) is 78.2 Å². The lowest BCUT2D eigenvalue weighted by Crippen LogP contribution is -2.10. The first-order valence-corrected chi connectivity index (χ1v) is 7.59. The molecule has 116 valence electrons. The van der Waals surface area contributed by atoms with Crippen LogP contribution in [0.1, 0.15) is 24.2 Å². The van der Waals surface area contributed by atoms with Crippen molar-refractivity contribution < 1.29 is 0 Å². The van der Waals surface area contributed by atoms with Gasteiger partial charge in [0.1, 0.15) is 5.82 Å². The highest BCUT2D eigenvalue weighted by Gasteiger charge is 2.07. The molecule has 3 rings (SSSR count). The van der Waals surface area contributed by atoms with Crippen molar-refractivity contribution >= 4 is 11.8 Å². The number of anilines is 2. The Kier molecular flexibility index (Phi) is 4.79. The molecule has 23 heavy (non-hydrogen) atoms. The van der Waals surface area contributed by atoms with Gasteiger partial charge >= 0.3 is 0 Å². The number of aromatic nitrogens is 3. The molecule has 2 N–H and O–H groups in total. The molecule has 0 spiro atoms. The van der Waals surface area contributed by atoms with Crippen LogP contribution in [0.5, 0.6) is 0 Å². The zero-order chi connectivity index (χ0) is 15.9. The van der Waals surface area contributed by atoms with Crippen molar-refractivity contribution in [1.29, 1.82) is 0 Å². The monoisotopic (exact) mass is 305 g/mol. The van der Waals surface area contributed by atoms with E-state index < -0.39 is 0 Å². The molecule has 1 unspecified atom stereocenters. The fraction of sp³-hybridized carbons (Fsp3) is 0.167. The molecule has 0 aliphatic rings. The second-order valence-electron chi connectivity index (χ2n) is 5.22. The fourth-order valence-electron chi connectivity index (χ4n) is 2.23. The van der Waals surface area contributed by atoms with Crippen molar-refractivity contribution in [2.75, 3.05) is 10.6 Å². The molecule has 1 atom stereocenters. The average Bonchev–Trinajstić information content (AvgIpc) is 2.62. The Morgan fingerprint density at radius 2 is 1.74 bits per heavy atom. The summed E-state index contributed by atoms with van der Waals surface area (Å²) in [6.07, 6.45) is 3.53. The van der Waals surface area contributed by atoms with Crippen LogP contribution in [0.3, 0.4) is 0 Å². The first-order chi connectivity index (χ1) is 11.3. The van der Waals surface area contributed by atoms with Gasteiger partial charge in [-0.1, -0.05) is 36.4 Å². The molecule has 0 bridgehead atoms. The van der Waals surface area contributed by atoms with Gasteiger partial charge in [0.15, 0.2) is 0 Å². The van der Waals surface area contributed by atoms with E-state index in [1.807, 2.05) is 42.5 Å². The molecule has 2 heterocycles. The standard InChI is InChI=1S/C18H19N5/c1-14(15-7-3-2-4-8-15)22-18-20-12-10-17(23-18)21-13-16-9-5-6-11-19-16/h2-12,14H,13H2,1H3,(H2,20,21,22,23). The molecule has 2 aromatic heterocycles. The van der Waals surface area contributed by atoms with Gasteiger partial charge in [-0.05, 0) is 30.7 Å². The first-order valence-electron chi connectivity index (χ1n) is 7.59. The second kappa shape index (κ2) is 7.35. The van der Waals surface area contributed by atoms with Gasteiger partial charge < -0.3 is 10.6 Å². The largest absolute Gasteiger partial charge is 0.364 e. The van der Waals surface area contributed by atoms with E-state index >= 15 is 0 Å². The van der Waals surface area contributed by atoms with Gasteiger partial charge in [0.05, 0.1) is 18.3 Å². The SMILES string of the molecule is CC(Nc1nccc(NCc2ccccn2)n1)c1ccccc1. The van der Waals surface area contributed by atoms with E-state index in [4.69, 9.17) is 0 Å². The van der Waals surface area contributed by atoms with Gasteiger partial charge in [0, 0.05) is 12.4 Å². The maximum Gasteiger partial charge on any atom is 0.225 e. The highest BCUT2D eigenvalue weighted by atomic mass is 15.1. The summed E-state index contributed by atoms with van der Waals surface area (Å²) in [5.41, 5.74) is 2.17. The normalized spacial score (nSPS) is 11.7. The average molecular weight is 305 g/mol. The lowest BCUT2D eigenvalue weighted by atomic mass is 10.1. The van der Waals surface area contributed by atoms with Crippen LogP contribution >= 0.6 is 0 Å². The summed E-state index contributed by atoms with van der Waals surface area (Å²) in [6.45, 7) is 2.72. The Hall–Kier alpha value is -2.95. The molecule has 5 nitrogen and oxygen atoms in total. The third-order valence-corrected chi connectivity index (χ3v) is 3.48. The summed E-state index contributed by atoms with van der Waals surface area (Å²) < 4.78 is 0. The summed E-state index contributed by atoms with van der Waals surface area (Å²) in [5.74, 6) is 1.38. The molecule has 1 aromatic carbocycles. The van der Waals surface area contributed by atoms with E-state index in [9.17, 15) is 0 Å². The van der Waals surface area contributed by atoms with Crippen molar-refractivity contribution in [1.82, 2.24) is 15.0 Å². The van der Waals surface area contributed by atoms with Crippen molar-refractivity contribution in [3.63, 3.8) is 0 Å². The fourth-order valence-corrected chi connectivity index (χ4v) is 2.23. The summed E-state index contributed by atoms with van der Waals surface area (Å²) >= 11 is 0. The molecule has 3 aromatic rings. The molecule has 0 aliphatic heterocycles. The highest BCUT2D eigenvalue weighted by molar-refractivity contribution is 5.41. The van der Waals surface area contributed by atoms with E-state index in [0.717, 1.165) is 11.5 Å². The molecule has 0 saturated carbocycles. The number of hydrogen-bond acceptors (Lipinski definition) is 5. The quantitative estimate of drug-likeness (QED) is 0.727. The molecule has 0 radical (unpaired) electrons. The summed E-state index contributed by atoms with van der Waals surface area (Å²) in [5, 5.41) is 6.58. The van der Waals surface area contributed by atoms with Crippen LogP contribution in [0.2, 0.25) is 0 Å². The Bertz CT molecular complexity index is 731. The third-order valence-electron chi connectivity index (χ3n) is 3.48. The molecule has 5 heteroatoms. The molecular weight excluding hydrogens is 286 g/mol. The van der Waals surface area contributed by atoms with Crippen LogP contribution in [-0.4, -0.2) is 15.0 Å². The van der Waals surface area contributed by atoms with E-state index in [1.165, 1.54) is 5.56 Å². The summed E-state index contributed by atoms with van der Waals surface area (Å²) in [7, 11) is 0. The Labute approximate surface area is 135 Å². The number of pyridine rings is 1. The van der Waals surface area contributed by atoms with Crippen LogP contribution in [0, 0.1) is 0 Å². The molecular formula is C18H19N5. The van der Waals surface area contributed by atoms with E-state index in [-0.39, 0.29) is 6.04 Å². The zero-order valence-corrected chi connectivity index (χ0v) is 13.0.